The summed E-state index contributed by atoms with van der Waals surface area (Å²) < 4.78 is 44.8. The molecular formula is C13H14FN3O3S. The summed E-state index contributed by atoms with van der Waals surface area (Å²) in [5.41, 5.74) is 0.200. The maximum absolute atomic E-state index is 13.3. The molecule has 0 unspecified atom stereocenters. The highest BCUT2D eigenvalue weighted by Crippen LogP contribution is 2.23. The van der Waals surface area contributed by atoms with Crippen molar-refractivity contribution in [1.82, 2.24) is 4.98 Å². The molecule has 1 heterocycles. The topological polar surface area (TPSA) is 80.3 Å². The van der Waals surface area contributed by atoms with E-state index in [1.54, 1.807) is 13.1 Å². The summed E-state index contributed by atoms with van der Waals surface area (Å²) in [7, 11) is -0.812. The molecule has 8 heteroatoms. The number of rotatable bonds is 5. The van der Waals surface area contributed by atoms with Crippen molar-refractivity contribution in [3.63, 3.8) is 0 Å². The second-order valence-electron chi connectivity index (χ2n) is 4.08. The van der Waals surface area contributed by atoms with E-state index < -0.39 is 15.8 Å². The number of benzene rings is 1. The summed E-state index contributed by atoms with van der Waals surface area (Å²) >= 11 is 0. The Kier molecular flexibility index (Phi) is 4.27. The van der Waals surface area contributed by atoms with Crippen LogP contribution in [0.15, 0.2) is 41.4 Å². The Bertz CT molecular complexity index is 733. The highest BCUT2D eigenvalue weighted by molar-refractivity contribution is 7.92. The minimum Gasteiger partial charge on any atom is -0.494 e. The van der Waals surface area contributed by atoms with Crippen molar-refractivity contribution >= 4 is 21.5 Å². The summed E-state index contributed by atoms with van der Waals surface area (Å²) in [5.74, 6) is -0.0586. The lowest BCUT2D eigenvalue weighted by Crippen LogP contribution is -2.13. The van der Waals surface area contributed by atoms with Gasteiger partial charge < -0.3 is 10.1 Å². The third-order valence-corrected chi connectivity index (χ3v) is 4.07. The van der Waals surface area contributed by atoms with Gasteiger partial charge in [0, 0.05) is 19.3 Å². The molecule has 0 fully saturated rings. The maximum atomic E-state index is 13.3. The number of hydrogen-bond acceptors (Lipinski definition) is 5. The van der Waals surface area contributed by atoms with Gasteiger partial charge in [0.1, 0.15) is 10.7 Å². The van der Waals surface area contributed by atoms with Gasteiger partial charge in [-0.1, -0.05) is 0 Å². The normalized spacial score (nSPS) is 11.0. The molecule has 21 heavy (non-hydrogen) atoms. The number of methoxy groups -OCH3 is 1. The van der Waals surface area contributed by atoms with Gasteiger partial charge in [-0.3, -0.25) is 4.72 Å². The third kappa shape index (κ3) is 3.40. The van der Waals surface area contributed by atoms with E-state index in [1.807, 2.05) is 0 Å². The van der Waals surface area contributed by atoms with E-state index in [2.05, 4.69) is 15.0 Å². The molecule has 0 saturated heterocycles. The number of hydrogen-bond donors (Lipinski definition) is 2. The molecule has 0 radical (unpaired) electrons. The number of nitrogens with one attached hydrogen (secondary N) is 2. The highest BCUT2D eigenvalue weighted by Gasteiger charge is 2.15. The zero-order chi connectivity index (χ0) is 15.5. The van der Waals surface area contributed by atoms with E-state index in [1.165, 1.54) is 31.5 Å². The molecule has 2 rings (SSSR count). The first-order valence-electron chi connectivity index (χ1n) is 5.96. The molecule has 0 bridgehead atoms. The number of ether oxygens (including phenoxy) is 1. The summed E-state index contributed by atoms with van der Waals surface area (Å²) in [4.78, 5) is 3.94. The predicted molar refractivity (Wildman–Crippen MR) is 77.5 cm³/mol. The van der Waals surface area contributed by atoms with Gasteiger partial charge in [0.2, 0.25) is 0 Å². The van der Waals surface area contributed by atoms with Crippen molar-refractivity contribution in [1.29, 1.82) is 0 Å². The number of pyridine rings is 1. The summed E-state index contributed by atoms with van der Waals surface area (Å²) in [6, 6.07) is 6.66. The number of sulfonamides is 1. The number of aromatic nitrogens is 1. The Morgan fingerprint density at radius 1 is 1.24 bits per heavy atom. The van der Waals surface area contributed by atoms with Gasteiger partial charge >= 0.3 is 0 Å². The van der Waals surface area contributed by atoms with Crippen molar-refractivity contribution < 1.29 is 17.5 Å². The van der Waals surface area contributed by atoms with Crippen LogP contribution in [0.3, 0.4) is 0 Å². The smallest absolute Gasteiger partial charge is 0.263 e. The van der Waals surface area contributed by atoms with Crippen molar-refractivity contribution in [2.45, 2.75) is 4.90 Å². The lowest BCUT2D eigenvalue weighted by atomic mass is 10.3. The molecule has 0 saturated carbocycles. The molecule has 112 valence electrons. The van der Waals surface area contributed by atoms with E-state index in [0.717, 1.165) is 6.07 Å². The number of halogens is 1. The van der Waals surface area contributed by atoms with Crippen LogP contribution in [0.5, 0.6) is 5.75 Å². The van der Waals surface area contributed by atoms with Crippen LogP contribution in [-0.4, -0.2) is 27.6 Å². The Morgan fingerprint density at radius 3 is 2.57 bits per heavy atom. The molecule has 2 aromatic rings. The Hall–Kier alpha value is -2.35. The molecule has 0 atom stereocenters. The monoisotopic (exact) mass is 311 g/mol. The van der Waals surface area contributed by atoms with E-state index in [4.69, 9.17) is 4.74 Å². The van der Waals surface area contributed by atoms with Crippen LogP contribution in [0.4, 0.5) is 15.9 Å². The Morgan fingerprint density at radius 2 is 2.00 bits per heavy atom. The fourth-order valence-corrected chi connectivity index (χ4v) is 2.62. The second kappa shape index (κ2) is 5.96. The maximum Gasteiger partial charge on any atom is 0.263 e. The number of nitrogens with zero attached hydrogens (tertiary/aromatic N) is 1. The summed E-state index contributed by atoms with van der Waals surface area (Å²) in [5, 5.41) is 2.79. The van der Waals surface area contributed by atoms with Gasteiger partial charge in [0.05, 0.1) is 12.8 Å². The van der Waals surface area contributed by atoms with E-state index in [0.29, 0.717) is 5.82 Å². The van der Waals surface area contributed by atoms with E-state index >= 15 is 0 Å². The second-order valence-corrected chi connectivity index (χ2v) is 5.77. The first kappa shape index (κ1) is 15.0. The van der Waals surface area contributed by atoms with Gasteiger partial charge in [-0.05, 0) is 24.3 Å². The average molecular weight is 311 g/mol. The van der Waals surface area contributed by atoms with E-state index in [-0.39, 0.29) is 16.3 Å². The van der Waals surface area contributed by atoms with Crippen LogP contribution in [0, 0.1) is 5.82 Å². The summed E-state index contributed by atoms with van der Waals surface area (Å²) in [6.07, 6.45) is 1.23. The first-order chi connectivity index (χ1) is 9.96. The molecule has 6 nitrogen and oxygen atoms in total. The zero-order valence-electron chi connectivity index (χ0n) is 11.4. The molecule has 1 aromatic heterocycles. The van der Waals surface area contributed by atoms with Gasteiger partial charge in [0.25, 0.3) is 10.0 Å². The molecular weight excluding hydrogens is 297 g/mol. The molecule has 0 spiro atoms. The van der Waals surface area contributed by atoms with Crippen molar-refractivity contribution in [2.24, 2.45) is 0 Å². The standard InChI is InChI=1S/C13H14FN3O3S/c1-15-13-6-4-10(8-16-13)21(18,19)17-9-3-5-11(14)12(7-9)20-2/h3-8,17H,1-2H3,(H,15,16). The molecule has 0 amide bonds. The quantitative estimate of drug-likeness (QED) is 0.883. The fourth-order valence-electron chi connectivity index (χ4n) is 1.62. The Balaban J connectivity index is 2.28. The van der Waals surface area contributed by atoms with Gasteiger partial charge in [-0.15, -0.1) is 0 Å². The lowest BCUT2D eigenvalue weighted by molar-refractivity contribution is 0.387. The van der Waals surface area contributed by atoms with Crippen molar-refractivity contribution in [2.75, 3.05) is 24.2 Å². The van der Waals surface area contributed by atoms with Crippen molar-refractivity contribution in [3.05, 3.63) is 42.3 Å². The fraction of sp³-hybridized carbons (Fsp3) is 0.154. The minimum atomic E-state index is -3.79. The van der Waals surface area contributed by atoms with Crippen LogP contribution >= 0.6 is 0 Å². The van der Waals surface area contributed by atoms with Gasteiger partial charge in [-0.2, -0.15) is 0 Å². The molecule has 0 aliphatic carbocycles. The van der Waals surface area contributed by atoms with Crippen LogP contribution in [-0.2, 0) is 10.0 Å². The summed E-state index contributed by atoms with van der Waals surface area (Å²) in [6.45, 7) is 0. The number of anilines is 2. The third-order valence-electron chi connectivity index (χ3n) is 2.71. The van der Waals surface area contributed by atoms with E-state index in [9.17, 15) is 12.8 Å². The molecule has 0 aliphatic rings. The van der Waals surface area contributed by atoms with Crippen molar-refractivity contribution in [3.8, 4) is 5.75 Å². The zero-order valence-corrected chi connectivity index (χ0v) is 12.2. The molecule has 2 N–H and O–H groups in total. The van der Waals surface area contributed by atoms with Crippen LogP contribution in [0.25, 0.3) is 0 Å². The SMILES string of the molecule is CNc1ccc(S(=O)(=O)Nc2ccc(F)c(OC)c2)cn1. The van der Waals surface area contributed by atoms with Crippen LogP contribution in [0.1, 0.15) is 0 Å². The van der Waals surface area contributed by atoms with Gasteiger partial charge in [-0.25, -0.2) is 17.8 Å². The van der Waals surface area contributed by atoms with Crippen LogP contribution in [0.2, 0.25) is 0 Å². The lowest BCUT2D eigenvalue weighted by Gasteiger charge is -2.10. The molecule has 1 aromatic carbocycles. The largest absolute Gasteiger partial charge is 0.494 e. The average Bonchev–Trinajstić information content (AvgIpc) is 2.49. The van der Waals surface area contributed by atoms with Crippen LogP contribution < -0.4 is 14.8 Å². The highest BCUT2D eigenvalue weighted by atomic mass is 32.2. The predicted octanol–water partition coefficient (Wildman–Crippen LogP) is 2.07. The minimum absolute atomic E-state index is 0.00444. The van der Waals surface area contributed by atoms with Gasteiger partial charge in [0.15, 0.2) is 11.6 Å². The Labute approximate surface area is 122 Å². The molecule has 0 aliphatic heterocycles. The first-order valence-corrected chi connectivity index (χ1v) is 7.45.